The zero-order valence-corrected chi connectivity index (χ0v) is 16.9. The fourth-order valence-corrected chi connectivity index (χ4v) is 3.34. The van der Waals surface area contributed by atoms with Gasteiger partial charge in [-0.2, -0.15) is 9.50 Å². The molecule has 5 rings (SSSR count). The summed E-state index contributed by atoms with van der Waals surface area (Å²) in [6, 6.07) is 23.8. The third-order valence-electron chi connectivity index (χ3n) is 4.91. The Balaban J connectivity index is 1.57. The molecule has 0 spiro atoms. The Hall–Kier alpha value is -4.26. The molecule has 0 fully saturated rings. The van der Waals surface area contributed by atoms with Gasteiger partial charge in [0.25, 0.3) is 5.78 Å². The minimum atomic E-state index is 0.522. The van der Waals surface area contributed by atoms with Gasteiger partial charge in [0.05, 0.1) is 12.8 Å². The molecule has 1 N–H and O–H groups in total. The lowest BCUT2D eigenvalue weighted by molar-refractivity contribution is 0.414. The summed E-state index contributed by atoms with van der Waals surface area (Å²) in [7, 11) is 1.67. The highest BCUT2D eigenvalue weighted by atomic mass is 16.5. The number of nitrogens with one attached hydrogen (secondary N) is 1. The van der Waals surface area contributed by atoms with Gasteiger partial charge in [0.1, 0.15) is 11.6 Å². The maximum atomic E-state index is 5.34. The van der Waals surface area contributed by atoms with E-state index >= 15 is 0 Å². The van der Waals surface area contributed by atoms with Crippen LogP contribution in [0.1, 0.15) is 5.56 Å². The molecule has 0 amide bonds. The minimum Gasteiger partial charge on any atom is -0.497 e. The van der Waals surface area contributed by atoms with Crippen LogP contribution in [0.15, 0.2) is 85.2 Å². The van der Waals surface area contributed by atoms with E-state index < -0.39 is 0 Å². The van der Waals surface area contributed by atoms with Crippen molar-refractivity contribution in [1.82, 2.24) is 24.6 Å². The number of fused-ring (bicyclic) bond motifs is 1. The number of benzene rings is 2. The molecule has 0 aliphatic rings. The van der Waals surface area contributed by atoms with E-state index in [4.69, 9.17) is 9.72 Å². The SMILES string of the molecule is COc1cccc(CNc2cc(-c3ccccc3)nc3nc(-c4cccnc4)nn23)c1. The Kier molecular flexibility index (Phi) is 4.98. The number of nitrogens with zero attached hydrogens (tertiary/aromatic N) is 5. The number of pyridine rings is 1. The number of hydrogen-bond donors (Lipinski definition) is 1. The van der Waals surface area contributed by atoms with E-state index in [1.165, 1.54) is 0 Å². The monoisotopic (exact) mass is 408 g/mol. The van der Waals surface area contributed by atoms with Crippen molar-refractivity contribution < 1.29 is 4.74 Å². The van der Waals surface area contributed by atoms with Gasteiger partial charge in [0, 0.05) is 36.1 Å². The van der Waals surface area contributed by atoms with E-state index in [0.717, 1.165) is 34.0 Å². The Labute approximate surface area is 179 Å². The fourth-order valence-electron chi connectivity index (χ4n) is 3.34. The van der Waals surface area contributed by atoms with Crippen LogP contribution in [0.5, 0.6) is 5.75 Å². The van der Waals surface area contributed by atoms with Gasteiger partial charge >= 0.3 is 0 Å². The molecule has 3 heterocycles. The van der Waals surface area contributed by atoms with E-state index in [9.17, 15) is 0 Å². The van der Waals surface area contributed by atoms with Crippen LogP contribution in [-0.2, 0) is 6.54 Å². The molecule has 31 heavy (non-hydrogen) atoms. The van der Waals surface area contributed by atoms with Crippen LogP contribution in [-0.4, -0.2) is 31.7 Å². The zero-order chi connectivity index (χ0) is 21.0. The standard InChI is InChI=1S/C24H20N6O/c1-31-20-11-5-7-17(13-20)15-26-22-14-21(18-8-3-2-4-9-18)27-24-28-23(29-30(22)24)19-10-6-12-25-16-19/h2-14,16,26H,15H2,1H3. The van der Waals surface area contributed by atoms with E-state index in [1.807, 2.05) is 66.7 Å². The molecule has 0 aliphatic heterocycles. The molecule has 7 nitrogen and oxygen atoms in total. The number of rotatable bonds is 6. The van der Waals surface area contributed by atoms with Gasteiger partial charge in [-0.05, 0) is 29.8 Å². The first kappa shape index (κ1) is 18.7. The van der Waals surface area contributed by atoms with Gasteiger partial charge < -0.3 is 10.1 Å². The van der Waals surface area contributed by atoms with Crippen LogP contribution in [0.3, 0.4) is 0 Å². The Morgan fingerprint density at radius 3 is 2.58 bits per heavy atom. The number of methoxy groups -OCH3 is 1. The van der Waals surface area contributed by atoms with Crippen molar-refractivity contribution in [2.75, 3.05) is 12.4 Å². The molecule has 0 atom stereocenters. The fraction of sp³-hybridized carbons (Fsp3) is 0.0833. The number of aromatic nitrogens is 5. The normalized spacial score (nSPS) is 10.9. The second-order valence-corrected chi connectivity index (χ2v) is 6.99. The second-order valence-electron chi connectivity index (χ2n) is 6.99. The highest BCUT2D eigenvalue weighted by molar-refractivity contribution is 5.66. The summed E-state index contributed by atoms with van der Waals surface area (Å²) < 4.78 is 7.07. The van der Waals surface area contributed by atoms with Gasteiger partial charge in [-0.3, -0.25) is 4.98 Å². The minimum absolute atomic E-state index is 0.522. The predicted molar refractivity (Wildman–Crippen MR) is 120 cm³/mol. The van der Waals surface area contributed by atoms with E-state index in [0.29, 0.717) is 18.1 Å². The van der Waals surface area contributed by atoms with Crippen molar-refractivity contribution in [2.24, 2.45) is 0 Å². The van der Waals surface area contributed by atoms with Crippen molar-refractivity contribution in [3.05, 3.63) is 90.8 Å². The Morgan fingerprint density at radius 2 is 1.77 bits per heavy atom. The summed E-state index contributed by atoms with van der Waals surface area (Å²) in [5.74, 6) is 2.72. The van der Waals surface area contributed by atoms with Crippen LogP contribution in [0.25, 0.3) is 28.4 Å². The summed E-state index contributed by atoms with van der Waals surface area (Å²) in [6.45, 7) is 0.604. The molecular formula is C24H20N6O. The smallest absolute Gasteiger partial charge is 0.255 e. The maximum absolute atomic E-state index is 5.34. The van der Waals surface area contributed by atoms with Gasteiger partial charge in [-0.15, -0.1) is 5.10 Å². The van der Waals surface area contributed by atoms with Crippen LogP contribution in [0.4, 0.5) is 5.82 Å². The van der Waals surface area contributed by atoms with Crippen molar-refractivity contribution in [3.63, 3.8) is 0 Å². The average Bonchev–Trinajstić information content (AvgIpc) is 3.28. The van der Waals surface area contributed by atoms with Crippen LogP contribution >= 0.6 is 0 Å². The molecule has 0 saturated heterocycles. The topological polar surface area (TPSA) is 77.2 Å². The number of anilines is 1. The maximum Gasteiger partial charge on any atom is 0.255 e. The van der Waals surface area contributed by atoms with Crippen LogP contribution < -0.4 is 10.1 Å². The molecule has 0 saturated carbocycles. The zero-order valence-electron chi connectivity index (χ0n) is 16.9. The van der Waals surface area contributed by atoms with Crippen molar-refractivity contribution in [3.8, 4) is 28.4 Å². The highest BCUT2D eigenvalue weighted by Gasteiger charge is 2.14. The lowest BCUT2D eigenvalue weighted by Crippen LogP contribution is -2.07. The third kappa shape index (κ3) is 3.93. The lowest BCUT2D eigenvalue weighted by atomic mass is 10.1. The molecule has 5 aromatic rings. The first-order chi connectivity index (χ1) is 15.3. The summed E-state index contributed by atoms with van der Waals surface area (Å²) in [5.41, 5.74) is 3.78. The van der Waals surface area contributed by atoms with E-state index in [-0.39, 0.29) is 0 Å². The molecule has 3 aromatic heterocycles. The van der Waals surface area contributed by atoms with Gasteiger partial charge in [-0.25, -0.2) is 4.98 Å². The third-order valence-corrected chi connectivity index (χ3v) is 4.91. The highest BCUT2D eigenvalue weighted by Crippen LogP contribution is 2.24. The lowest BCUT2D eigenvalue weighted by Gasteiger charge is -2.11. The predicted octanol–water partition coefficient (Wildman–Crippen LogP) is 4.47. The van der Waals surface area contributed by atoms with Crippen molar-refractivity contribution in [1.29, 1.82) is 0 Å². The average molecular weight is 408 g/mol. The summed E-state index contributed by atoms with van der Waals surface area (Å²) in [4.78, 5) is 13.6. The van der Waals surface area contributed by atoms with Crippen LogP contribution in [0.2, 0.25) is 0 Å². The van der Waals surface area contributed by atoms with E-state index in [1.54, 1.807) is 24.0 Å². The molecule has 7 heteroatoms. The number of hydrogen-bond acceptors (Lipinski definition) is 6. The Morgan fingerprint density at radius 1 is 0.903 bits per heavy atom. The first-order valence-corrected chi connectivity index (χ1v) is 9.90. The summed E-state index contributed by atoms with van der Waals surface area (Å²) in [6.07, 6.45) is 3.47. The molecular weight excluding hydrogens is 388 g/mol. The molecule has 0 bridgehead atoms. The van der Waals surface area contributed by atoms with Gasteiger partial charge in [0.2, 0.25) is 0 Å². The van der Waals surface area contributed by atoms with Gasteiger partial charge in [0.15, 0.2) is 5.82 Å². The molecule has 0 aliphatic carbocycles. The first-order valence-electron chi connectivity index (χ1n) is 9.90. The summed E-state index contributed by atoms with van der Waals surface area (Å²) >= 11 is 0. The quantitative estimate of drug-likeness (QED) is 0.447. The molecule has 2 aromatic carbocycles. The van der Waals surface area contributed by atoms with Gasteiger partial charge in [-0.1, -0.05) is 42.5 Å². The Bertz CT molecular complexity index is 1320. The van der Waals surface area contributed by atoms with Crippen molar-refractivity contribution in [2.45, 2.75) is 6.54 Å². The number of ether oxygens (including phenoxy) is 1. The summed E-state index contributed by atoms with van der Waals surface area (Å²) in [5, 5.41) is 8.16. The second kappa shape index (κ2) is 8.23. The molecule has 0 unspecified atom stereocenters. The van der Waals surface area contributed by atoms with Crippen LogP contribution in [0, 0.1) is 0 Å². The van der Waals surface area contributed by atoms with E-state index in [2.05, 4.69) is 26.4 Å². The van der Waals surface area contributed by atoms with Crippen molar-refractivity contribution >= 4 is 11.6 Å². The molecule has 0 radical (unpaired) electrons. The molecule has 152 valence electrons. The largest absolute Gasteiger partial charge is 0.497 e.